The van der Waals surface area contributed by atoms with Crippen molar-refractivity contribution in [1.82, 2.24) is 29.2 Å². The number of imide groups is 1. The van der Waals surface area contributed by atoms with Crippen LogP contribution in [0.4, 0.5) is 5.82 Å². The van der Waals surface area contributed by atoms with E-state index < -0.39 is 11.2 Å². The molecule has 14 nitrogen and oxygen atoms in total. The number of carbonyl (C=O) groups is 3. The number of likely N-dealkylation sites (tertiary alicyclic amines) is 1. The van der Waals surface area contributed by atoms with Gasteiger partial charge in [-0.3, -0.25) is 29.1 Å². The minimum atomic E-state index is -0.909. The number of amides is 2. The van der Waals surface area contributed by atoms with E-state index in [0.717, 1.165) is 56.7 Å². The predicted octanol–water partition coefficient (Wildman–Crippen LogP) is 2.57. The van der Waals surface area contributed by atoms with Crippen LogP contribution in [-0.2, 0) is 27.5 Å². The van der Waals surface area contributed by atoms with Crippen molar-refractivity contribution in [3.8, 4) is 17.8 Å². The van der Waals surface area contributed by atoms with Gasteiger partial charge < -0.3 is 24.9 Å². The van der Waals surface area contributed by atoms with E-state index in [1.54, 1.807) is 17.7 Å². The second-order valence-corrected chi connectivity index (χ2v) is 13.2. The van der Waals surface area contributed by atoms with Crippen LogP contribution in [0.3, 0.4) is 0 Å². The number of nitrogen functional groups attached to an aromatic ring is 1. The molecule has 0 radical (unpaired) electrons. The monoisotopic (exact) mass is 678 g/mol. The summed E-state index contributed by atoms with van der Waals surface area (Å²) in [5.41, 5.74) is 9.14. The number of methoxy groups -OCH3 is 1. The summed E-state index contributed by atoms with van der Waals surface area (Å²) in [6.07, 6.45) is 1.96. The van der Waals surface area contributed by atoms with E-state index in [2.05, 4.69) is 38.8 Å². The van der Waals surface area contributed by atoms with Gasteiger partial charge in [0.05, 0.1) is 37.3 Å². The normalized spacial score (nSPS) is 17.3. The van der Waals surface area contributed by atoms with E-state index in [9.17, 15) is 19.6 Å². The van der Waals surface area contributed by atoms with E-state index >= 15 is 0 Å². The van der Waals surface area contributed by atoms with Gasteiger partial charge >= 0.3 is 12.0 Å². The Balaban J connectivity index is 1.16. The Kier molecular flexibility index (Phi) is 11.7. The number of carbonyl (C=O) groups excluding carboxylic acids is 2. The largest absolute Gasteiger partial charge is 0.496 e. The van der Waals surface area contributed by atoms with Crippen molar-refractivity contribution in [2.45, 2.75) is 50.9 Å². The first-order valence-electron chi connectivity index (χ1n) is 16.2. The molecule has 2 aliphatic heterocycles. The van der Waals surface area contributed by atoms with Crippen molar-refractivity contribution >= 4 is 46.4 Å². The lowest BCUT2D eigenvalue weighted by Crippen LogP contribution is -2.48. The van der Waals surface area contributed by atoms with Crippen molar-refractivity contribution in [2.24, 2.45) is 0 Å². The number of hydrogen-bond acceptors (Lipinski definition) is 12. The lowest BCUT2D eigenvalue weighted by Gasteiger charge is -2.35. The Morgan fingerprint density at radius 3 is 2.60 bits per heavy atom. The topological polar surface area (TPSA) is 180 Å². The van der Waals surface area contributed by atoms with Gasteiger partial charge in [-0.15, -0.1) is 11.8 Å². The molecule has 2 amide bonds. The van der Waals surface area contributed by atoms with Crippen LogP contribution in [-0.4, -0.2) is 116 Å². The van der Waals surface area contributed by atoms with Gasteiger partial charge in [-0.2, -0.15) is 15.2 Å². The summed E-state index contributed by atoms with van der Waals surface area (Å²) >= 11 is 1.25. The molecule has 0 saturated carbocycles. The Hall–Kier alpha value is -4.39. The lowest BCUT2D eigenvalue weighted by atomic mass is 10.1. The Labute approximate surface area is 283 Å². The highest BCUT2D eigenvalue weighted by atomic mass is 32.2. The maximum Gasteiger partial charge on any atom is 0.320 e. The molecule has 2 saturated heterocycles. The summed E-state index contributed by atoms with van der Waals surface area (Å²) in [6, 6.07) is 10.2. The molecule has 1 unspecified atom stereocenters. The number of carboxylic acids is 1. The first-order chi connectivity index (χ1) is 23.2. The number of unbranched alkanes of at least 4 members (excludes halogenated alkanes) is 1. The maximum absolute atomic E-state index is 12.7. The molecular formula is C33H42N8O6S. The smallest absolute Gasteiger partial charge is 0.320 e. The van der Waals surface area contributed by atoms with E-state index in [4.69, 9.17) is 20.3 Å². The summed E-state index contributed by atoms with van der Waals surface area (Å²) in [6.45, 7) is 7.91. The summed E-state index contributed by atoms with van der Waals surface area (Å²) < 4.78 is 13.3. The second kappa shape index (κ2) is 16.1. The molecule has 2 aliphatic rings. The number of aliphatic carboxylic acids is 1. The van der Waals surface area contributed by atoms with Crippen LogP contribution < -0.4 is 15.2 Å². The third kappa shape index (κ3) is 8.36. The molecule has 2 fully saturated rings. The molecule has 0 bridgehead atoms. The fourth-order valence-corrected chi connectivity index (χ4v) is 7.02. The Morgan fingerprint density at radius 1 is 1.12 bits per heavy atom. The van der Waals surface area contributed by atoms with Crippen molar-refractivity contribution in [3.63, 3.8) is 0 Å². The molecule has 0 spiro atoms. The van der Waals surface area contributed by atoms with Gasteiger partial charge in [-0.05, 0) is 24.1 Å². The SMILES string of the molecule is CCCCOc1nc(N)c2cc(C#N)n(Cc3ccc(CN4CCN(CCN5C(=O)CC(SCCC(=O)O)C5=O)CC4)cc3OC)c2n1. The highest BCUT2D eigenvalue weighted by Gasteiger charge is 2.38. The average molecular weight is 679 g/mol. The number of aromatic nitrogens is 3. The molecule has 5 rings (SSSR count). The summed E-state index contributed by atoms with van der Waals surface area (Å²) in [4.78, 5) is 50.7. The van der Waals surface area contributed by atoms with Crippen LogP contribution in [0.25, 0.3) is 11.0 Å². The molecule has 1 atom stereocenters. The molecule has 4 heterocycles. The van der Waals surface area contributed by atoms with E-state index in [1.807, 2.05) is 12.1 Å². The van der Waals surface area contributed by atoms with Gasteiger partial charge in [-0.25, -0.2) is 0 Å². The Morgan fingerprint density at radius 2 is 1.90 bits per heavy atom. The number of ether oxygens (including phenoxy) is 2. The molecule has 2 aromatic heterocycles. The lowest BCUT2D eigenvalue weighted by molar-refractivity contribution is -0.139. The van der Waals surface area contributed by atoms with Crippen molar-refractivity contribution in [1.29, 1.82) is 5.26 Å². The zero-order valence-corrected chi connectivity index (χ0v) is 28.2. The van der Waals surface area contributed by atoms with E-state index in [1.165, 1.54) is 16.7 Å². The zero-order valence-electron chi connectivity index (χ0n) is 27.4. The molecule has 3 aromatic rings. The van der Waals surface area contributed by atoms with Crippen LogP contribution in [0.2, 0.25) is 0 Å². The number of nitrogens with two attached hydrogens (primary N) is 1. The molecule has 3 N–H and O–H groups in total. The van der Waals surface area contributed by atoms with Crippen LogP contribution in [0, 0.1) is 11.3 Å². The molecule has 1 aromatic carbocycles. The molecule has 15 heteroatoms. The van der Waals surface area contributed by atoms with Crippen molar-refractivity contribution in [3.05, 3.63) is 41.1 Å². The van der Waals surface area contributed by atoms with Crippen LogP contribution in [0.15, 0.2) is 24.3 Å². The van der Waals surface area contributed by atoms with Crippen molar-refractivity contribution in [2.75, 3.05) is 64.5 Å². The predicted molar refractivity (Wildman–Crippen MR) is 181 cm³/mol. The number of hydrogen-bond donors (Lipinski definition) is 2. The van der Waals surface area contributed by atoms with E-state index in [0.29, 0.717) is 54.5 Å². The molecule has 0 aliphatic carbocycles. The number of fused-ring (bicyclic) bond motifs is 1. The third-order valence-electron chi connectivity index (χ3n) is 8.63. The number of rotatable bonds is 16. The minimum absolute atomic E-state index is 0.0276. The summed E-state index contributed by atoms with van der Waals surface area (Å²) in [7, 11) is 1.63. The molecule has 48 heavy (non-hydrogen) atoms. The fourth-order valence-electron chi connectivity index (χ4n) is 5.92. The first kappa shape index (κ1) is 34.9. The number of carboxylic acid groups (broad SMARTS) is 1. The number of thioether (sulfide) groups is 1. The fraction of sp³-hybridized carbons (Fsp3) is 0.515. The number of anilines is 1. The van der Waals surface area contributed by atoms with Crippen LogP contribution in [0.5, 0.6) is 11.8 Å². The maximum atomic E-state index is 12.7. The van der Waals surface area contributed by atoms with Gasteiger partial charge in [-0.1, -0.05) is 25.5 Å². The standard InChI is InChI=1S/C33H42N8O6S/c1-3-4-14-47-33-36-30(35)25-17-24(19-34)41(31(25)37-33)21-23-6-5-22(16-26(23)46-2)20-39-10-8-38(9-11-39)12-13-40-28(42)18-27(32(40)45)48-15-7-29(43)44/h5-6,16-17,27H,3-4,7-15,18,20-21H2,1-2H3,(H,43,44)(H2,35,36,37). The van der Waals surface area contributed by atoms with Gasteiger partial charge in [0, 0.05) is 63.6 Å². The summed E-state index contributed by atoms with van der Waals surface area (Å²) in [5, 5.41) is 18.8. The van der Waals surface area contributed by atoms with Gasteiger partial charge in [0.25, 0.3) is 0 Å². The number of nitriles is 1. The van der Waals surface area contributed by atoms with Gasteiger partial charge in [0.1, 0.15) is 23.3 Å². The highest BCUT2D eigenvalue weighted by Crippen LogP contribution is 2.29. The molecular weight excluding hydrogens is 636 g/mol. The van der Waals surface area contributed by atoms with Gasteiger partial charge in [0.2, 0.25) is 11.8 Å². The van der Waals surface area contributed by atoms with Crippen LogP contribution in [0.1, 0.15) is 49.4 Å². The number of benzene rings is 1. The second-order valence-electron chi connectivity index (χ2n) is 11.9. The minimum Gasteiger partial charge on any atom is -0.496 e. The number of piperazine rings is 1. The quantitative estimate of drug-likeness (QED) is 0.167. The average Bonchev–Trinajstić information content (AvgIpc) is 3.56. The molecule has 256 valence electrons. The first-order valence-corrected chi connectivity index (χ1v) is 17.2. The van der Waals surface area contributed by atoms with E-state index in [-0.39, 0.29) is 36.5 Å². The number of nitrogens with zero attached hydrogens (tertiary/aromatic N) is 7. The Bertz CT molecular complexity index is 1680. The third-order valence-corrected chi connectivity index (χ3v) is 9.84. The van der Waals surface area contributed by atoms with Crippen LogP contribution >= 0.6 is 11.8 Å². The van der Waals surface area contributed by atoms with Crippen molar-refractivity contribution < 1.29 is 29.0 Å². The summed E-state index contributed by atoms with van der Waals surface area (Å²) in [5.74, 6) is -0.0166. The van der Waals surface area contributed by atoms with Gasteiger partial charge in [0.15, 0.2) is 5.65 Å². The highest BCUT2D eigenvalue weighted by molar-refractivity contribution is 8.00. The zero-order chi connectivity index (χ0) is 34.2.